The fourth-order valence-corrected chi connectivity index (χ4v) is 4.52. The predicted octanol–water partition coefficient (Wildman–Crippen LogP) is 1.03. The van der Waals surface area contributed by atoms with Crippen molar-refractivity contribution in [3.05, 3.63) is 0 Å². The van der Waals surface area contributed by atoms with Gasteiger partial charge in [0.15, 0.2) is 0 Å². The molecule has 2 fully saturated rings. The predicted molar refractivity (Wildman–Crippen MR) is 64.4 cm³/mol. The Morgan fingerprint density at radius 1 is 1.33 bits per heavy atom. The van der Waals surface area contributed by atoms with Gasteiger partial charge in [0, 0.05) is 42.0 Å². The van der Waals surface area contributed by atoms with Gasteiger partial charge >= 0.3 is 0 Å². The van der Waals surface area contributed by atoms with Crippen molar-refractivity contribution in [1.29, 1.82) is 0 Å². The number of likely N-dealkylation sites (tertiary alicyclic amines) is 1. The number of carbonyl (C=O) groups is 2. The standard InChI is InChI=1S/C10H15NO2S2/c12-8-1-2-11(10(13)5-8)6-9-7-14-3-4-15-9/h9H,1-7H2. The second kappa shape index (κ2) is 5.25. The Hall–Kier alpha value is -0.160. The van der Waals surface area contributed by atoms with E-state index in [1.54, 1.807) is 0 Å². The van der Waals surface area contributed by atoms with E-state index >= 15 is 0 Å². The Balaban J connectivity index is 1.82. The number of piperidine rings is 1. The van der Waals surface area contributed by atoms with Gasteiger partial charge in [0.25, 0.3) is 0 Å². The summed E-state index contributed by atoms with van der Waals surface area (Å²) in [6, 6.07) is 0. The maximum absolute atomic E-state index is 11.6. The highest BCUT2D eigenvalue weighted by Gasteiger charge is 2.26. The zero-order valence-corrected chi connectivity index (χ0v) is 10.2. The molecule has 1 amide bonds. The molecule has 0 spiro atoms. The quantitative estimate of drug-likeness (QED) is 0.681. The van der Waals surface area contributed by atoms with E-state index in [1.165, 1.54) is 11.5 Å². The second-order valence-electron chi connectivity index (χ2n) is 3.87. The van der Waals surface area contributed by atoms with Crippen molar-refractivity contribution in [3.8, 4) is 0 Å². The summed E-state index contributed by atoms with van der Waals surface area (Å²) in [7, 11) is 0. The molecule has 2 aliphatic heterocycles. The minimum absolute atomic E-state index is 0.0300. The highest BCUT2D eigenvalue weighted by atomic mass is 32.2. The molecule has 0 radical (unpaired) electrons. The average molecular weight is 245 g/mol. The first kappa shape index (κ1) is 11.3. The summed E-state index contributed by atoms with van der Waals surface area (Å²) < 4.78 is 0. The summed E-state index contributed by atoms with van der Waals surface area (Å²) in [5.41, 5.74) is 0. The van der Waals surface area contributed by atoms with E-state index in [-0.39, 0.29) is 18.1 Å². The lowest BCUT2D eigenvalue weighted by Crippen LogP contribution is -2.43. The van der Waals surface area contributed by atoms with Crippen molar-refractivity contribution in [1.82, 2.24) is 4.90 Å². The van der Waals surface area contributed by atoms with Crippen LogP contribution in [0, 0.1) is 0 Å². The highest BCUT2D eigenvalue weighted by Crippen LogP contribution is 2.25. The Morgan fingerprint density at radius 3 is 2.87 bits per heavy atom. The Labute approximate surface area is 98.3 Å². The van der Waals surface area contributed by atoms with Gasteiger partial charge in [-0.1, -0.05) is 0 Å². The number of nitrogens with zero attached hydrogens (tertiary/aromatic N) is 1. The number of carbonyl (C=O) groups excluding carboxylic acids is 2. The van der Waals surface area contributed by atoms with E-state index in [2.05, 4.69) is 0 Å². The summed E-state index contributed by atoms with van der Waals surface area (Å²) in [6.07, 6.45) is 0.681. The molecule has 2 heterocycles. The van der Waals surface area contributed by atoms with Gasteiger partial charge in [0.1, 0.15) is 5.78 Å². The second-order valence-corrected chi connectivity index (χ2v) is 6.43. The Morgan fingerprint density at radius 2 is 2.20 bits per heavy atom. The van der Waals surface area contributed by atoms with Crippen LogP contribution in [0.1, 0.15) is 12.8 Å². The molecule has 2 rings (SSSR count). The van der Waals surface area contributed by atoms with Crippen LogP contribution < -0.4 is 0 Å². The molecule has 0 aromatic carbocycles. The third kappa shape index (κ3) is 3.14. The molecular formula is C10H15NO2S2. The number of Topliss-reactive ketones (excluding diaryl/α,β-unsaturated/α-hetero) is 1. The van der Waals surface area contributed by atoms with Gasteiger partial charge in [-0.15, -0.1) is 0 Å². The van der Waals surface area contributed by atoms with Crippen molar-refractivity contribution >= 4 is 35.2 Å². The first-order chi connectivity index (χ1) is 7.25. The molecule has 0 saturated carbocycles. The molecule has 3 nitrogen and oxygen atoms in total. The molecule has 15 heavy (non-hydrogen) atoms. The van der Waals surface area contributed by atoms with Crippen LogP contribution in [0.25, 0.3) is 0 Å². The van der Waals surface area contributed by atoms with Crippen LogP contribution in [0.3, 0.4) is 0 Å². The summed E-state index contributed by atoms with van der Waals surface area (Å²) >= 11 is 3.93. The third-order valence-corrected chi connectivity index (χ3v) is 5.50. The smallest absolute Gasteiger partial charge is 0.230 e. The first-order valence-electron chi connectivity index (χ1n) is 5.24. The van der Waals surface area contributed by atoms with Crippen molar-refractivity contribution in [2.24, 2.45) is 0 Å². The molecule has 0 aromatic heterocycles. The molecule has 0 aromatic rings. The van der Waals surface area contributed by atoms with Gasteiger partial charge in [-0.05, 0) is 0 Å². The fraction of sp³-hybridized carbons (Fsp3) is 0.800. The van der Waals surface area contributed by atoms with Crippen LogP contribution in [-0.4, -0.2) is 52.2 Å². The number of ketones is 1. The highest BCUT2D eigenvalue weighted by molar-refractivity contribution is 8.06. The normalized spacial score (nSPS) is 28.3. The molecule has 0 aliphatic carbocycles. The Kier molecular flexibility index (Phi) is 3.97. The SMILES string of the molecule is O=C1CCN(CC2CSCCS2)C(=O)C1. The number of hydrogen-bond donors (Lipinski definition) is 0. The van der Waals surface area contributed by atoms with Gasteiger partial charge in [-0.3, -0.25) is 9.59 Å². The van der Waals surface area contributed by atoms with Crippen LogP contribution in [0.2, 0.25) is 0 Å². The van der Waals surface area contributed by atoms with Crippen LogP contribution in [0.4, 0.5) is 0 Å². The number of thioether (sulfide) groups is 2. The fourth-order valence-electron chi connectivity index (χ4n) is 1.83. The van der Waals surface area contributed by atoms with Crippen molar-refractivity contribution in [2.45, 2.75) is 18.1 Å². The van der Waals surface area contributed by atoms with Crippen molar-refractivity contribution in [3.63, 3.8) is 0 Å². The lowest BCUT2D eigenvalue weighted by Gasteiger charge is -2.31. The summed E-state index contributed by atoms with van der Waals surface area (Å²) in [6.45, 7) is 1.48. The summed E-state index contributed by atoms with van der Waals surface area (Å²) in [5, 5.41) is 0.570. The van der Waals surface area contributed by atoms with Crippen LogP contribution >= 0.6 is 23.5 Å². The molecule has 1 unspecified atom stereocenters. The van der Waals surface area contributed by atoms with E-state index in [9.17, 15) is 9.59 Å². The monoisotopic (exact) mass is 245 g/mol. The molecular weight excluding hydrogens is 230 g/mol. The molecule has 1 atom stereocenters. The minimum atomic E-state index is 0.0300. The molecule has 0 N–H and O–H groups in total. The number of rotatable bonds is 2. The van der Waals surface area contributed by atoms with Crippen molar-refractivity contribution < 1.29 is 9.59 Å². The maximum Gasteiger partial charge on any atom is 0.230 e. The third-order valence-electron chi connectivity index (χ3n) is 2.67. The first-order valence-corrected chi connectivity index (χ1v) is 7.45. The van der Waals surface area contributed by atoms with Crippen LogP contribution in [0.5, 0.6) is 0 Å². The summed E-state index contributed by atoms with van der Waals surface area (Å²) in [4.78, 5) is 24.5. The van der Waals surface area contributed by atoms with Gasteiger partial charge < -0.3 is 4.90 Å². The lowest BCUT2D eigenvalue weighted by atomic mass is 10.1. The van der Waals surface area contributed by atoms with Crippen LogP contribution in [-0.2, 0) is 9.59 Å². The lowest BCUT2D eigenvalue weighted by molar-refractivity contribution is -0.139. The molecule has 84 valence electrons. The zero-order valence-electron chi connectivity index (χ0n) is 8.61. The zero-order chi connectivity index (χ0) is 10.7. The van der Waals surface area contributed by atoms with E-state index in [1.807, 2.05) is 28.4 Å². The molecule has 5 heteroatoms. The van der Waals surface area contributed by atoms with Crippen LogP contribution in [0.15, 0.2) is 0 Å². The minimum Gasteiger partial charge on any atom is -0.341 e. The van der Waals surface area contributed by atoms with E-state index in [0.29, 0.717) is 18.2 Å². The molecule has 2 saturated heterocycles. The molecule has 0 bridgehead atoms. The number of hydrogen-bond acceptors (Lipinski definition) is 4. The average Bonchev–Trinajstić information content (AvgIpc) is 2.24. The van der Waals surface area contributed by atoms with Gasteiger partial charge in [0.05, 0.1) is 6.42 Å². The Bertz CT molecular complexity index is 264. The van der Waals surface area contributed by atoms with E-state index in [0.717, 1.165) is 12.3 Å². The topological polar surface area (TPSA) is 37.4 Å². The summed E-state index contributed by atoms with van der Waals surface area (Å²) in [5.74, 6) is 3.69. The van der Waals surface area contributed by atoms with Gasteiger partial charge in [0.2, 0.25) is 5.91 Å². The van der Waals surface area contributed by atoms with E-state index < -0.39 is 0 Å². The molecule has 2 aliphatic rings. The van der Waals surface area contributed by atoms with Gasteiger partial charge in [-0.25, -0.2) is 0 Å². The van der Waals surface area contributed by atoms with Gasteiger partial charge in [-0.2, -0.15) is 23.5 Å². The van der Waals surface area contributed by atoms with E-state index in [4.69, 9.17) is 0 Å². The van der Waals surface area contributed by atoms with Crippen molar-refractivity contribution in [2.75, 3.05) is 30.3 Å². The maximum atomic E-state index is 11.6. The largest absolute Gasteiger partial charge is 0.341 e. The number of amides is 1.